The number of nitrogens with zero attached hydrogens (tertiary/aromatic N) is 1. The molecule has 0 aromatic heterocycles. The van der Waals surface area contributed by atoms with Gasteiger partial charge in [-0.1, -0.05) is 13.0 Å². The topological polar surface area (TPSA) is 73.6 Å². The van der Waals surface area contributed by atoms with Gasteiger partial charge in [0.1, 0.15) is 6.61 Å². The van der Waals surface area contributed by atoms with E-state index in [4.69, 9.17) is 9.47 Å². The predicted octanol–water partition coefficient (Wildman–Crippen LogP) is 2.90. The second kappa shape index (κ2) is 7.95. The van der Waals surface area contributed by atoms with Crippen LogP contribution in [-0.4, -0.2) is 30.3 Å². The maximum atomic E-state index is 11.0. The molecule has 0 amide bonds. The number of ether oxygens (including phenoxy) is 2. The third-order valence-electron chi connectivity index (χ3n) is 2.68. The fourth-order valence-electron chi connectivity index (χ4n) is 1.70. The first-order valence-corrected chi connectivity index (χ1v) is 7.08. The third kappa shape index (κ3) is 6.55. The molecule has 0 aliphatic rings. The number of nitro groups is 1. The molecular formula is C15H24N2O4. The number of hydrogen-bond acceptors (Lipinski definition) is 5. The summed E-state index contributed by atoms with van der Waals surface area (Å²) in [4.78, 5) is 10.6. The lowest BCUT2D eigenvalue weighted by atomic mass is 10.2. The Bertz CT molecular complexity index is 469. The molecule has 6 heteroatoms. The Morgan fingerprint density at radius 1 is 1.29 bits per heavy atom. The van der Waals surface area contributed by atoms with Gasteiger partial charge in [0.25, 0.3) is 0 Å². The number of benzene rings is 1. The van der Waals surface area contributed by atoms with Crippen molar-refractivity contribution in [3.63, 3.8) is 0 Å². The lowest BCUT2D eigenvalue weighted by Crippen LogP contribution is -2.22. The smallest absolute Gasteiger partial charge is 0.310 e. The zero-order chi connectivity index (χ0) is 15.9. The van der Waals surface area contributed by atoms with Crippen LogP contribution >= 0.6 is 0 Å². The molecule has 0 fully saturated rings. The normalized spacial score (nSPS) is 11.4. The molecule has 1 rings (SSSR count). The summed E-state index contributed by atoms with van der Waals surface area (Å²) in [5.41, 5.74) is 0.683. The first-order valence-electron chi connectivity index (χ1n) is 7.08. The Balaban J connectivity index is 2.69. The molecule has 21 heavy (non-hydrogen) atoms. The fourth-order valence-corrected chi connectivity index (χ4v) is 1.70. The highest BCUT2D eigenvalue weighted by Crippen LogP contribution is 2.28. The Morgan fingerprint density at radius 2 is 2.00 bits per heavy atom. The zero-order valence-corrected chi connectivity index (χ0v) is 13.1. The predicted molar refractivity (Wildman–Crippen MR) is 81.7 cm³/mol. The van der Waals surface area contributed by atoms with E-state index >= 15 is 0 Å². The number of nitrogens with one attached hydrogen (secondary N) is 1. The molecule has 6 nitrogen and oxygen atoms in total. The van der Waals surface area contributed by atoms with E-state index in [9.17, 15) is 10.1 Å². The molecule has 118 valence electrons. The molecule has 1 aromatic carbocycles. The second-order valence-corrected chi connectivity index (χ2v) is 5.65. The van der Waals surface area contributed by atoms with Gasteiger partial charge in [-0.3, -0.25) is 10.1 Å². The maximum Gasteiger partial charge on any atom is 0.310 e. The van der Waals surface area contributed by atoms with E-state index in [2.05, 4.69) is 5.32 Å². The Hall–Kier alpha value is -1.66. The van der Waals surface area contributed by atoms with Gasteiger partial charge in [0.2, 0.25) is 0 Å². The molecule has 0 heterocycles. The van der Waals surface area contributed by atoms with Gasteiger partial charge in [0, 0.05) is 12.6 Å². The molecule has 1 N–H and O–H groups in total. The van der Waals surface area contributed by atoms with Crippen molar-refractivity contribution in [2.75, 3.05) is 19.8 Å². The summed E-state index contributed by atoms with van der Waals surface area (Å²) in [6.07, 6.45) is 0. The Kier molecular flexibility index (Phi) is 6.58. The lowest BCUT2D eigenvalue weighted by molar-refractivity contribution is -0.385. The van der Waals surface area contributed by atoms with Crippen LogP contribution in [0.15, 0.2) is 18.2 Å². The van der Waals surface area contributed by atoms with Gasteiger partial charge in [0.05, 0.1) is 17.1 Å². The molecule has 0 saturated carbocycles. The van der Waals surface area contributed by atoms with Crippen molar-refractivity contribution in [1.82, 2.24) is 5.32 Å². The van der Waals surface area contributed by atoms with E-state index < -0.39 is 4.92 Å². The van der Waals surface area contributed by atoms with Crippen molar-refractivity contribution < 1.29 is 14.4 Å². The monoisotopic (exact) mass is 296 g/mol. The minimum atomic E-state index is -0.434. The maximum absolute atomic E-state index is 11.0. The van der Waals surface area contributed by atoms with Crippen molar-refractivity contribution >= 4 is 5.69 Å². The van der Waals surface area contributed by atoms with Crippen LogP contribution in [0.1, 0.15) is 33.3 Å². The molecule has 1 aromatic rings. The van der Waals surface area contributed by atoms with E-state index in [1.54, 1.807) is 12.1 Å². The largest absolute Gasteiger partial charge is 0.484 e. The zero-order valence-electron chi connectivity index (χ0n) is 13.1. The van der Waals surface area contributed by atoms with Crippen LogP contribution < -0.4 is 10.1 Å². The molecule has 0 radical (unpaired) electrons. The van der Waals surface area contributed by atoms with E-state index in [0.717, 1.165) is 12.1 Å². The molecule has 0 spiro atoms. The average molecular weight is 296 g/mol. The highest BCUT2D eigenvalue weighted by Gasteiger charge is 2.16. The molecular weight excluding hydrogens is 272 g/mol. The molecule has 0 aliphatic carbocycles. The number of nitro benzene ring substituents is 1. The lowest BCUT2D eigenvalue weighted by Gasteiger charge is -2.19. The summed E-state index contributed by atoms with van der Waals surface area (Å²) in [5, 5.41) is 14.2. The highest BCUT2D eigenvalue weighted by molar-refractivity contribution is 5.48. The summed E-state index contributed by atoms with van der Waals surface area (Å²) in [6, 6.07) is 4.92. The molecule has 0 unspecified atom stereocenters. The van der Waals surface area contributed by atoms with Crippen LogP contribution in [0.25, 0.3) is 0 Å². The van der Waals surface area contributed by atoms with Crippen LogP contribution in [0.2, 0.25) is 0 Å². The van der Waals surface area contributed by atoms with Crippen molar-refractivity contribution in [3.8, 4) is 5.75 Å². The first kappa shape index (κ1) is 17.4. The summed E-state index contributed by atoms with van der Waals surface area (Å²) >= 11 is 0. The third-order valence-corrected chi connectivity index (χ3v) is 2.68. The minimum absolute atomic E-state index is 0.0222. The highest BCUT2D eigenvalue weighted by atomic mass is 16.6. The Labute approximate surface area is 125 Å². The van der Waals surface area contributed by atoms with E-state index in [0.29, 0.717) is 13.2 Å². The van der Waals surface area contributed by atoms with Crippen LogP contribution in [0.3, 0.4) is 0 Å². The molecule has 0 saturated heterocycles. The summed E-state index contributed by atoms with van der Waals surface area (Å²) < 4.78 is 11.1. The van der Waals surface area contributed by atoms with Gasteiger partial charge in [-0.05, 0) is 38.9 Å². The summed E-state index contributed by atoms with van der Waals surface area (Å²) in [5.74, 6) is 0.285. The molecule has 0 atom stereocenters. The Morgan fingerprint density at radius 3 is 2.57 bits per heavy atom. The number of rotatable bonds is 8. The van der Waals surface area contributed by atoms with E-state index in [-0.39, 0.29) is 23.6 Å². The van der Waals surface area contributed by atoms with Gasteiger partial charge in [-0.2, -0.15) is 0 Å². The van der Waals surface area contributed by atoms with Crippen molar-refractivity contribution in [2.24, 2.45) is 0 Å². The summed E-state index contributed by atoms with van der Waals surface area (Å²) in [7, 11) is 0. The minimum Gasteiger partial charge on any atom is -0.484 e. The van der Waals surface area contributed by atoms with Crippen LogP contribution in [0, 0.1) is 10.1 Å². The van der Waals surface area contributed by atoms with Gasteiger partial charge in [-0.25, -0.2) is 0 Å². The van der Waals surface area contributed by atoms with Crippen LogP contribution in [0.5, 0.6) is 5.75 Å². The first-order chi connectivity index (χ1) is 9.83. The van der Waals surface area contributed by atoms with Gasteiger partial charge >= 0.3 is 5.69 Å². The second-order valence-electron chi connectivity index (χ2n) is 5.65. The van der Waals surface area contributed by atoms with E-state index in [1.807, 2.05) is 27.7 Å². The van der Waals surface area contributed by atoms with Crippen LogP contribution in [0.4, 0.5) is 5.69 Å². The average Bonchev–Trinajstić information content (AvgIpc) is 2.40. The van der Waals surface area contributed by atoms with Gasteiger partial charge in [-0.15, -0.1) is 0 Å². The summed E-state index contributed by atoms with van der Waals surface area (Å²) in [6.45, 7) is 10.0. The quantitative estimate of drug-likeness (QED) is 0.453. The van der Waals surface area contributed by atoms with Crippen molar-refractivity contribution in [2.45, 2.75) is 39.8 Å². The van der Waals surface area contributed by atoms with Gasteiger partial charge < -0.3 is 14.8 Å². The molecule has 0 bridgehead atoms. The molecule has 0 aliphatic heterocycles. The van der Waals surface area contributed by atoms with E-state index in [1.165, 1.54) is 6.07 Å². The van der Waals surface area contributed by atoms with Crippen molar-refractivity contribution in [3.05, 3.63) is 33.9 Å². The number of hydrogen-bond donors (Lipinski definition) is 1. The van der Waals surface area contributed by atoms with Gasteiger partial charge in [0.15, 0.2) is 5.75 Å². The fraction of sp³-hybridized carbons (Fsp3) is 0.600. The van der Waals surface area contributed by atoms with Crippen LogP contribution in [-0.2, 0) is 11.3 Å². The standard InChI is InChI=1S/C15H24N2O4/c1-5-16-11-12-6-7-13(17(18)19)14(10-12)20-8-9-21-15(2,3)4/h6-7,10,16H,5,8-9,11H2,1-4H3. The van der Waals surface area contributed by atoms with Crippen molar-refractivity contribution in [1.29, 1.82) is 0 Å². The SMILES string of the molecule is CCNCc1ccc([N+](=O)[O-])c(OCCOC(C)(C)C)c1.